The molecule has 0 saturated heterocycles. The number of nitrogens with zero attached hydrogens (tertiary/aromatic N) is 1. The Morgan fingerprint density at radius 1 is 1.25 bits per heavy atom. The zero-order valence-electron chi connectivity index (χ0n) is 11.7. The van der Waals surface area contributed by atoms with Crippen LogP contribution in [0.3, 0.4) is 0 Å². The Morgan fingerprint density at radius 3 is 2.55 bits per heavy atom. The molecule has 0 aliphatic heterocycles. The van der Waals surface area contributed by atoms with E-state index in [0.717, 1.165) is 21.4 Å². The van der Waals surface area contributed by atoms with E-state index in [1.807, 2.05) is 0 Å². The largest absolute Gasteiger partial charge is 0.481 e. The first kappa shape index (κ1) is 14.8. The van der Waals surface area contributed by atoms with Crippen molar-refractivity contribution in [3.05, 3.63) is 39.3 Å². The van der Waals surface area contributed by atoms with Gasteiger partial charge in [0.1, 0.15) is 16.1 Å². The third-order valence-corrected chi connectivity index (χ3v) is 3.95. The Balaban J connectivity index is 2.38. The van der Waals surface area contributed by atoms with Crippen LogP contribution in [-0.4, -0.2) is 21.0 Å². The lowest BCUT2D eigenvalue weighted by atomic mass is 9.99. The number of carboxylic acid groups (broad SMARTS) is 1. The smallest absolute Gasteiger partial charge is 0.303 e. The summed E-state index contributed by atoms with van der Waals surface area (Å²) in [6.45, 7) is 6.22. The molecule has 1 heterocycles. The van der Waals surface area contributed by atoms with Crippen LogP contribution >= 0.6 is 15.9 Å². The van der Waals surface area contributed by atoms with Crippen LogP contribution in [0.25, 0.3) is 11.3 Å². The summed E-state index contributed by atoms with van der Waals surface area (Å²) in [7, 11) is 0. The van der Waals surface area contributed by atoms with Gasteiger partial charge in [0.2, 0.25) is 0 Å². The van der Waals surface area contributed by atoms with Gasteiger partial charge < -0.3 is 10.1 Å². The summed E-state index contributed by atoms with van der Waals surface area (Å²) in [5.74, 6) is -0.131. The third-order valence-electron chi connectivity index (χ3n) is 3.38. The number of H-pyrrole nitrogens is 1. The number of hydrogen-bond donors (Lipinski definition) is 2. The van der Waals surface area contributed by atoms with Gasteiger partial charge in [-0.2, -0.15) is 0 Å². The molecule has 0 amide bonds. The first-order chi connectivity index (χ1) is 9.38. The van der Waals surface area contributed by atoms with Crippen molar-refractivity contribution in [1.82, 2.24) is 9.97 Å². The molecule has 5 heteroatoms. The van der Waals surface area contributed by atoms with Crippen LogP contribution in [0.1, 0.15) is 28.9 Å². The standard InChI is InChI=1S/C15H17BrN2O2/c1-8-6-10(3)11(7-9(8)2)14-15(16)18-12(17-14)4-5-13(19)20/h6-7H,4-5H2,1-3H3,(H,17,18)(H,19,20). The molecular formula is C15H17BrN2O2. The fourth-order valence-electron chi connectivity index (χ4n) is 2.14. The number of aromatic amines is 1. The van der Waals surface area contributed by atoms with E-state index >= 15 is 0 Å². The van der Waals surface area contributed by atoms with Gasteiger partial charge >= 0.3 is 5.97 Å². The Kier molecular flexibility index (Phi) is 4.28. The molecule has 0 spiro atoms. The van der Waals surface area contributed by atoms with E-state index in [0.29, 0.717) is 12.2 Å². The van der Waals surface area contributed by atoms with E-state index in [9.17, 15) is 4.79 Å². The van der Waals surface area contributed by atoms with Gasteiger partial charge in [0, 0.05) is 12.0 Å². The minimum absolute atomic E-state index is 0.0747. The number of aryl methyl sites for hydroxylation is 4. The van der Waals surface area contributed by atoms with Crippen LogP contribution in [0.15, 0.2) is 16.7 Å². The van der Waals surface area contributed by atoms with E-state index in [1.54, 1.807) is 0 Å². The topological polar surface area (TPSA) is 66.0 Å². The predicted molar refractivity (Wildman–Crippen MR) is 81.9 cm³/mol. The maximum absolute atomic E-state index is 10.6. The van der Waals surface area contributed by atoms with Crippen LogP contribution < -0.4 is 0 Å². The van der Waals surface area contributed by atoms with Crippen LogP contribution in [0.2, 0.25) is 0 Å². The zero-order chi connectivity index (χ0) is 14.9. The number of nitrogens with one attached hydrogen (secondary N) is 1. The summed E-state index contributed by atoms with van der Waals surface area (Å²) < 4.78 is 0.796. The molecule has 4 nitrogen and oxygen atoms in total. The average molecular weight is 337 g/mol. The normalized spacial score (nSPS) is 10.8. The first-order valence-corrected chi connectivity index (χ1v) is 7.22. The molecule has 2 N–H and O–H groups in total. The van der Waals surface area contributed by atoms with Gasteiger partial charge in [-0.1, -0.05) is 6.07 Å². The van der Waals surface area contributed by atoms with Crippen molar-refractivity contribution in [1.29, 1.82) is 0 Å². The number of rotatable bonds is 4. The van der Waals surface area contributed by atoms with Crippen molar-refractivity contribution in [3.63, 3.8) is 0 Å². The number of hydrogen-bond acceptors (Lipinski definition) is 2. The van der Waals surface area contributed by atoms with E-state index in [1.165, 1.54) is 11.1 Å². The summed E-state index contributed by atoms with van der Waals surface area (Å²) >= 11 is 3.47. The number of imidazole rings is 1. The summed E-state index contributed by atoms with van der Waals surface area (Å²) in [5.41, 5.74) is 5.53. The van der Waals surface area contributed by atoms with Gasteiger partial charge in [0.05, 0.1) is 6.42 Å². The molecule has 0 aliphatic carbocycles. The van der Waals surface area contributed by atoms with Crippen LogP contribution in [-0.2, 0) is 11.2 Å². The Bertz CT molecular complexity index is 662. The van der Waals surface area contributed by atoms with Crippen molar-refractivity contribution >= 4 is 21.9 Å². The fourth-order valence-corrected chi connectivity index (χ4v) is 2.67. The zero-order valence-corrected chi connectivity index (χ0v) is 13.3. The summed E-state index contributed by atoms with van der Waals surface area (Å²) in [5, 5.41) is 8.73. The molecule has 0 unspecified atom stereocenters. The van der Waals surface area contributed by atoms with Gasteiger partial charge in [-0.3, -0.25) is 4.79 Å². The molecule has 0 saturated carbocycles. The Hall–Kier alpha value is -1.62. The van der Waals surface area contributed by atoms with Crippen LogP contribution in [0.5, 0.6) is 0 Å². The van der Waals surface area contributed by atoms with Gasteiger partial charge in [0.15, 0.2) is 0 Å². The molecule has 0 atom stereocenters. The van der Waals surface area contributed by atoms with Gasteiger partial charge in [0.25, 0.3) is 0 Å². The molecular weight excluding hydrogens is 320 g/mol. The molecule has 1 aromatic heterocycles. The van der Waals surface area contributed by atoms with E-state index in [4.69, 9.17) is 5.11 Å². The summed E-state index contributed by atoms with van der Waals surface area (Å²) in [4.78, 5) is 18.2. The molecule has 1 aromatic carbocycles. The second kappa shape index (κ2) is 5.79. The maximum atomic E-state index is 10.6. The van der Waals surface area contributed by atoms with Crippen LogP contribution in [0, 0.1) is 20.8 Å². The number of benzene rings is 1. The molecule has 106 valence electrons. The second-order valence-electron chi connectivity index (χ2n) is 4.99. The summed E-state index contributed by atoms with van der Waals surface area (Å²) in [6.07, 6.45) is 0.475. The minimum Gasteiger partial charge on any atom is -0.481 e. The molecule has 2 aromatic rings. The maximum Gasteiger partial charge on any atom is 0.303 e. The quantitative estimate of drug-likeness (QED) is 0.892. The van der Waals surface area contributed by atoms with Crippen LogP contribution in [0.4, 0.5) is 0 Å². The minimum atomic E-state index is -0.818. The van der Waals surface area contributed by atoms with E-state index in [2.05, 4.69) is 58.8 Å². The number of carbonyl (C=O) groups is 1. The fraction of sp³-hybridized carbons (Fsp3) is 0.333. The molecule has 0 aliphatic rings. The van der Waals surface area contributed by atoms with E-state index < -0.39 is 5.97 Å². The SMILES string of the molecule is Cc1cc(C)c(-c2nc(CCC(=O)O)[nH]c2Br)cc1C. The highest BCUT2D eigenvalue weighted by Crippen LogP contribution is 2.30. The van der Waals surface area contributed by atoms with Crippen molar-refractivity contribution in [2.24, 2.45) is 0 Å². The van der Waals surface area contributed by atoms with Gasteiger partial charge in [-0.25, -0.2) is 4.98 Å². The second-order valence-corrected chi connectivity index (χ2v) is 5.78. The number of aliphatic carboxylic acids is 1. The lowest BCUT2D eigenvalue weighted by molar-refractivity contribution is -0.137. The number of aromatic nitrogens is 2. The highest BCUT2D eigenvalue weighted by atomic mass is 79.9. The van der Waals surface area contributed by atoms with Gasteiger partial charge in [-0.05, 0) is 59.5 Å². The predicted octanol–water partition coefficient (Wildman–Crippen LogP) is 3.78. The molecule has 0 fully saturated rings. The monoisotopic (exact) mass is 336 g/mol. The summed E-state index contributed by atoms with van der Waals surface area (Å²) in [6, 6.07) is 4.26. The third kappa shape index (κ3) is 3.10. The van der Waals surface area contributed by atoms with Crippen molar-refractivity contribution in [2.75, 3.05) is 0 Å². The number of halogens is 1. The molecule has 20 heavy (non-hydrogen) atoms. The van der Waals surface area contributed by atoms with E-state index in [-0.39, 0.29) is 6.42 Å². The average Bonchev–Trinajstić information content (AvgIpc) is 2.72. The lowest BCUT2D eigenvalue weighted by Gasteiger charge is -2.08. The first-order valence-electron chi connectivity index (χ1n) is 6.43. The molecule has 2 rings (SSSR count). The Labute approximate surface area is 126 Å². The van der Waals surface area contributed by atoms with Crippen molar-refractivity contribution < 1.29 is 9.90 Å². The Morgan fingerprint density at radius 2 is 1.90 bits per heavy atom. The highest BCUT2D eigenvalue weighted by molar-refractivity contribution is 9.10. The molecule has 0 radical (unpaired) electrons. The number of carboxylic acids is 1. The highest BCUT2D eigenvalue weighted by Gasteiger charge is 2.14. The lowest BCUT2D eigenvalue weighted by Crippen LogP contribution is -1.98. The van der Waals surface area contributed by atoms with Gasteiger partial charge in [-0.15, -0.1) is 0 Å². The molecule has 0 bridgehead atoms. The van der Waals surface area contributed by atoms with Crippen molar-refractivity contribution in [2.45, 2.75) is 33.6 Å². The van der Waals surface area contributed by atoms with Crippen molar-refractivity contribution in [3.8, 4) is 11.3 Å².